The maximum atomic E-state index is 13.6. The first-order valence-electron chi connectivity index (χ1n) is 5.29. The van der Waals surface area contributed by atoms with Gasteiger partial charge in [0.25, 0.3) is 0 Å². The lowest BCUT2D eigenvalue weighted by molar-refractivity contribution is -0.141. The van der Waals surface area contributed by atoms with Gasteiger partial charge in [0.1, 0.15) is 0 Å². The first kappa shape index (κ1) is 13.4. The van der Waals surface area contributed by atoms with Gasteiger partial charge in [-0.25, -0.2) is 4.39 Å². The van der Waals surface area contributed by atoms with Gasteiger partial charge in [0.15, 0.2) is 11.6 Å². The monoisotopic (exact) mass is 244 g/mol. The highest BCUT2D eigenvalue weighted by Crippen LogP contribution is 2.24. The lowest BCUT2D eigenvalue weighted by Crippen LogP contribution is -2.13. The maximum absolute atomic E-state index is 13.6. The van der Waals surface area contributed by atoms with Gasteiger partial charge < -0.3 is 9.84 Å². The predicted octanol–water partition coefficient (Wildman–Crippen LogP) is 2.63. The Kier molecular flexibility index (Phi) is 4.43. The summed E-state index contributed by atoms with van der Waals surface area (Å²) >= 11 is 0. The van der Waals surface area contributed by atoms with Crippen molar-refractivity contribution in [1.82, 2.24) is 0 Å². The minimum Gasteiger partial charge on any atom is -0.491 e. The largest absolute Gasteiger partial charge is 0.491 e. The van der Waals surface area contributed by atoms with E-state index in [1.165, 1.54) is 19.1 Å². The third kappa shape index (κ3) is 3.15. The summed E-state index contributed by atoms with van der Waals surface area (Å²) in [6.07, 6.45) is -0.0511. The van der Waals surface area contributed by atoms with E-state index in [1.807, 2.05) is 0 Å². The van der Waals surface area contributed by atoms with E-state index in [2.05, 4.69) is 0 Å². The Bertz CT molecular complexity index is 418. The predicted molar refractivity (Wildman–Crippen MR) is 58.0 cm³/mol. The van der Waals surface area contributed by atoms with E-state index < -0.39 is 23.5 Å². The quantitative estimate of drug-likeness (QED) is 0.866. The molecule has 1 unspecified atom stereocenters. The number of rotatable bonds is 5. The van der Waals surface area contributed by atoms with Crippen LogP contribution in [0.2, 0.25) is 0 Å². The van der Waals surface area contributed by atoms with Crippen molar-refractivity contribution in [1.29, 1.82) is 0 Å². The normalized spacial score (nSPS) is 12.2. The minimum absolute atomic E-state index is 0.0425. The molecule has 0 saturated heterocycles. The van der Waals surface area contributed by atoms with Crippen LogP contribution in [0, 0.1) is 17.6 Å². The number of carboxylic acids is 1. The molecule has 0 heterocycles. The van der Waals surface area contributed by atoms with Gasteiger partial charge in [-0.3, -0.25) is 4.79 Å². The molecule has 3 nitrogen and oxygen atoms in total. The summed E-state index contributed by atoms with van der Waals surface area (Å²) in [5.41, 5.74) is 0.0425. The van der Waals surface area contributed by atoms with E-state index in [0.29, 0.717) is 0 Å². The van der Waals surface area contributed by atoms with Crippen molar-refractivity contribution < 1.29 is 23.4 Å². The smallest absolute Gasteiger partial charge is 0.306 e. The van der Waals surface area contributed by atoms with Gasteiger partial charge >= 0.3 is 5.97 Å². The Balaban J connectivity index is 2.96. The second kappa shape index (κ2) is 5.61. The van der Waals surface area contributed by atoms with Crippen molar-refractivity contribution in [2.24, 2.45) is 5.92 Å². The van der Waals surface area contributed by atoms with Crippen molar-refractivity contribution in [3.05, 3.63) is 29.3 Å². The fourth-order valence-electron chi connectivity index (χ4n) is 1.41. The summed E-state index contributed by atoms with van der Waals surface area (Å²) in [5.74, 6) is -4.07. The third-order valence-electron chi connectivity index (χ3n) is 2.37. The molecule has 0 aromatic heterocycles. The lowest BCUT2D eigenvalue weighted by Gasteiger charge is -2.10. The summed E-state index contributed by atoms with van der Waals surface area (Å²) < 4.78 is 31.9. The molecule has 0 aliphatic rings. The number of carbonyl (C=O) groups is 1. The van der Waals surface area contributed by atoms with Crippen molar-refractivity contribution >= 4 is 5.97 Å². The first-order chi connectivity index (χ1) is 7.97. The lowest BCUT2D eigenvalue weighted by atomic mass is 10.0. The molecule has 1 N–H and O–H groups in total. The molecule has 1 rings (SSSR count). The Morgan fingerprint density at radius 1 is 1.41 bits per heavy atom. The molecule has 0 bridgehead atoms. The second-order valence-electron chi connectivity index (χ2n) is 3.73. The Morgan fingerprint density at radius 2 is 2.06 bits per heavy atom. The van der Waals surface area contributed by atoms with Crippen LogP contribution in [0.1, 0.15) is 19.4 Å². The van der Waals surface area contributed by atoms with E-state index in [-0.39, 0.29) is 24.3 Å². The zero-order valence-electron chi connectivity index (χ0n) is 9.67. The number of hydrogen-bond donors (Lipinski definition) is 1. The summed E-state index contributed by atoms with van der Waals surface area (Å²) in [7, 11) is 0. The van der Waals surface area contributed by atoms with Gasteiger partial charge in [-0.15, -0.1) is 0 Å². The van der Waals surface area contributed by atoms with Crippen LogP contribution < -0.4 is 4.74 Å². The van der Waals surface area contributed by atoms with Crippen LogP contribution in [-0.4, -0.2) is 17.7 Å². The number of aliphatic carboxylic acids is 1. The fraction of sp³-hybridized carbons (Fsp3) is 0.417. The molecule has 17 heavy (non-hydrogen) atoms. The van der Waals surface area contributed by atoms with Crippen molar-refractivity contribution in [3.8, 4) is 5.75 Å². The molecule has 1 atom stereocenters. The second-order valence-corrected chi connectivity index (χ2v) is 3.73. The first-order valence-corrected chi connectivity index (χ1v) is 5.29. The van der Waals surface area contributed by atoms with Crippen LogP contribution in [-0.2, 0) is 11.2 Å². The highest BCUT2D eigenvalue weighted by Gasteiger charge is 2.18. The molecular formula is C12H14F2O3. The topological polar surface area (TPSA) is 46.5 Å². The van der Waals surface area contributed by atoms with E-state index in [9.17, 15) is 13.6 Å². The standard InChI is InChI=1S/C12H14F2O3/c1-3-17-9-5-4-8(10(13)11(9)14)6-7(2)12(15)16/h4-5,7H,3,6H2,1-2H3,(H,15,16). The van der Waals surface area contributed by atoms with Gasteiger partial charge in [0, 0.05) is 0 Å². The van der Waals surface area contributed by atoms with Gasteiger partial charge in [-0.1, -0.05) is 13.0 Å². The highest BCUT2D eigenvalue weighted by atomic mass is 19.2. The van der Waals surface area contributed by atoms with Crippen LogP contribution in [0.25, 0.3) is 0 Å². The highest BCUT2D eigenvalue weighted by molar-refractivity contribution is 5.69. The van der Waals surface area contributed by atoms with Gasteiger partial charge in [0.2, 0.25) is 5.82 Å². The van der Waals surface area contributed by atoms with Crippen molar-refractivity contribution in [2.45, 2.75) is 20.3 Å². The Labute approximate surface area is 98.0 Å². The molecular weight excluding hydrogens is 230 g/mol. The fourth-order valence-corrected chi connectivity index (χ4v) is 1.41. The minimum atomic E-state index is -1.07. The number of hydrogen-bond acceptors (Lipinski definition) is 2. The molecule has 0 amide bonds. The van der Waals surface area contributed by atoms with Crippen LogP contribution in [0.4, 0.5) is 8.78 Å². The van der Waals surface area contributed by atoms with E-state index in [1.54, 1.807) is 6.92 Å². The van der Waals surface area contributed by atoms with Gasteiger partial charge in [-0.05, 0) is 25.0 Å². The molecule has 0 radical (unpaired) electrons. The number of benzene rings is 1. The van der Waals surface area contributed by atoms with Crippen LogP contribution in [0.15, 0.2) is 12.1 Å². The molecule has 1 aromatic rings. The molecule has 1 aromatic carbocycles. The molecule has 0 spiro atoms. The van der Waals surface area contributed by atoms with Crippen LogP contribution in [0.3, 0.4) is 0 Å². The molecule has 0 aliphatic carbocycles. The molecule has 0 aliphatic heterocycles. The zero-order valence-corrected chi connectivity index (χ0v) is 9.67. The van der Waals surface area contributed by atoms with E-state index in [4.69, 9.17) is 9.84 Å². The average molecular weight is 244 g/mol. The van der Waals surface area contributed by atoms with Gasteiger partial charge in [0.05, 0.1) is 12.5 Å². The van der Waals surface area contributed by atoms with Crippen LogP contribution in [0.5, 0.6) is 5.75 Å². The summed E-state index contributed by atoms with van der Waals surface area (Å²) in [4.78, 5) is 10.6. The Hall–Kier alpha value is -1.65. The van der Waals surface area contributed by atoms with E-state index >= 15 is 0 Å². The van der Waals surface area contributed by atoms with Crippen molar-refractivity contribution in [3.63, 3.8) is 0 Å². The number of carboxylic acid groups (broad SMARTS) is 1. The Morgan fingerprint density at radius 3 is 2.59 bits per heavy atom. The summed E-state index contributed by atoms with van der Waals surface area (Å²) in [6.45, 7) is 3.34. The molecule has 0 fully saturated rings. The van der Waals surface area contributed by atoms with E-state index in [0.717, 1.165) is 0 Å². The maximum Gasteiger partial charge on any atom is 0.306 e. The summed E-state index contributed by atoms with van der Waals surface area (Å²) in [5, 5.41) is 8.70. The van der Waals surface area contributed by atoms with Crippen LogP contribution >= 0.6 is 0 Å². The molecule has 0 saturated carbocycles. The average Bonchev–Trinajstić information content (AvgIpc) is 2.28. The zero-order chi connectivity index (χ0) is 13.0. The van der Waals surface area contributed by atoms with Crippen molar-refractivity contribution in [2.75, 3.05) is 6.61 Å². The number of halogens is 2. The third-order valence-corrected chi connectivity index (χ3v) is 2.37. The SMILES string of the molecule is CCOc1ccc(CC(C)C(=O)O)c(F)c1F. The number of ether oxygens (including phenoxy) is 1. The summed E-state index contributed by atoms with van der Waals surface area (Å²) in [6, 6.07) is 2.66. The van der Waals surface area contributed by atoms with Gasteiger partial charge in [-0.2, -0.15) is 4.39 Å². The molecule has 5 heteroatoms. The molecule has 94 valence electrons.